The average Bonchev–Trinajstić information content (AvgIpc) is 3.18. The first-order chi connectivity index (χ1) is 12.5. The lowest BCUT2D eigenvalue weighted by atomic mass is 9.56. The zero-order valence-corrected chi connectivity index (χ0v) is 17.8. The van der Waals surface area contributed by atoms with Crippen LogP contribution >= 0.6 is 22.6 Å². The molecule has 2 fully saturated rings. The van der Waals surface area contributed by atoms with Crippen molar-refractivity contribution in [2.24, 2.45) is 17.3 Å². The normalized spacial score (nSPS) is 44.2. The summed E-state index contributed by atoms with van der Waals surface area (Å²) in [5.74, 6) is 0.918. The van der Waals surface area contributed by atoms with Crippen molar-refractivity contribution >= 4 is 22.6 Å². The number of rotatable bonds is 1. The fourth-order valence-corrected chi connectivity index (χ4v) is 7.31. The van der Waals surface area contributed by atoms with E-state index in [4.69, 9.17) is 9.47 Å². The summed E-state index contributed by atoms with van der Waals surface area (Å²) in [5, 5.41) is 11.3. The highest BCUT2D eigenvalue weighted by Gasteiger charge is 2.59. The molecule has 0 aromatic heterocycles. The molecule has 4 aliphatic carbocycles. The quantitative estimate of drug-likeness (QED) is 0.548. The third kappa shape index (κ3) is 2.41. The minimum atomic E-state index is -0.641. The fourth-order valence-electron chi connectivity index (χ4n) is 6.72. The van der Waals surface area contributed by atoms with E-state index in [-0.39, 0.29) is 11.2 Å². The first-order valence-electron chi connectivity index (χ1n) is 10.2. The SMILES string of the molecule is C[C@]12CC=C3C4=C(CC[C@H]3[C@@H]1CC[C@@]2(O)/C=C/I)CC1(CC4)OCCO1. The van der Waals surface area contributed by atoms with Crippen LogP contribution in [0.2, 0.25) is 0 Å². The number of aliphatic hydroxyl groups is 1. The lowest BCUT2D eigenvalue weighted by molar-refractivity contribution is -0.164. The van der Waals surface area contributed by atoms with Crippen LogP contribution in [0.4, 0.5) is 0 Å². The molecule has 4 atom stereocenters. The molecule has 5 rings (SSSR count). The third-order valence-electron chi connectivity index (χ3n) is 8.20. The van der Waals surface area contributed by atoms with Crippen molar-refractivity contribution < 1.29 is 14.6 Å². The van der Waals surface area contributed by atoms with Crippen LogP contribution in [0.25, 0.3) is 0 Å². The highest BCUT2D eigenvalue weighted by atomic mass is 127. The summed E-state index contributed by atoms with van der Waals surface area (Å²) in [5.41, 5.74) is 4.16. The fraction of sp³-hybridized carbons (Fsp3) is 0.727. The van der Waals surface area contributed by atoms with Crippen LogP contribution in [-0.2, 0) is 9.47 Å². The number of hydrogen-bond acceptors (Lipinski definition) is 3. The van der Waals surface area contributed by atoms with E-state index < -0.39 is 5.60 Å². The zero-order chi connectivity index (χ0) is 18.0. The molecule has 1 N–H and O–H groups in total. The van der Waals surface area contributed by atoms with Crippen molar-refractivity contribution in [3.8, 4) is 0 Å². The van der Waals surface area contributed by atoms with Crippen LogP contribution in [0.3, 0.4) is 0 Å². The molecule has 0 unspecified atom stereocenters. The van der Waals surface area contributed by atoms with Crippen molar-refractivity contribution in [3.05, 3.63) is 33.0 Å². The number of fused-ring (bicyclic) bond motifs is 4. The molecule has 0 bridgehead atoms. The molecule has 0 aromatic rings. The standard InChI is InChI=1S/C22H29IO3/c1-20-7-4-17-16-5-9-22(25-12-13-26-22)14-15(16)2-3-18(17)19(20)6-8-21(20,24)10-11-23/h4,10-11,18-19,24H,2-3,5-9,12-14H2,1H3/b11-10+/t18-,19+,20+,21-/m1/s1. The van der Waals surface area contributed by atoms with E-state index in [1.54, 1.807) is 16.7 Å². The smallest absolute Gasteiger partial charge is 0.172 e. The summed E-state index contributed by atoms with van der Waals surface area (Å²) in [4.78, 5) is 0. The Morgan fingerprint density at radius 3 is 2.77 bits per heavy atom. The van der Waals surface area contributed by atoms with Crippen LogP contribution < -0.4 is 0 Å². The molecule has 4 heteroatoms. The molecule has 5 aliphatic rings. The van der Waals surface area contributed by atoms with Gasteiger partial charge in [0.15, 0.2) is 5.79 Å². The predicted molar refractivity (Wildman–Crippen MR) is 110 cm³/mol. The number of halogens is 1. The Kier molecular flexibility index (Phi) is 4.24. The maximum atomic E-state index is 11.3. The largest absolute Gasteiger partial charge is 0.385 e. The van der Waals surface area contributed by atoms with Gasteiger partial charge in [-0.2, -0.15) is 0 Å². The Labute approximate surface area is 170 Å². The maximum absolute atomic E-state index is 11.3. The topological polar surface area (TPSA) is 38.7 Å². The van der Waals surface area contributed by atoms with Crippen LogP contribution in [0.15, 0.2) is 33.0 Å². The van der Waals surface area contributed by atoms with E-state index in [9.17, 15) is 5.11 Å². The Hall–Kier alpha value is -0.170. The van der Waals surface area contributed by atoms with E-state index >= 15 is 0 Å². The van der Waals surface area contributed by atoms with Gasteiger partial charge in [0.2, 0.25) is 0 Å². The summed E-state index contributed by atoms with van der Waals surface area (Å²) in [7, 11) is 0. The van der Waals surface area contributed by atoms with Crippen molar-refractivity contribution in [1.29, 1.82) is 0 Å². The molecule has 142 valence electrons. The molecular formula is C22H29IO3. The molecule has 0 aromatic carbocycles. The van der Waals surface area contributed by atoms with E-state index in [1.807, 2.05) is 4.08 Å². The van der Waals surface area contributed by atoms with Crippen molar-refractivity contribution in [1.82, 2.24) is 0 Å². The molecule has 1 heterocycles. The average molecular weight is 468 g/mol. The van der Waals surface area contributed by atoms with Gasteiger partial charge in [0, 0.05) is 18.3 Å². The van der Waals surface area contributed by atoms with E-state index in [1.165, 1.54) is 12.8 Å². The van der Waals surface area contributed by atoms with Crippen molar-refractivity contribution in [2.75, 3.05) is 13.2 Å². The summed E-state index contributed by atoms with van der Waals surface area (Å²) in [6.07, 6.45) is 13.1. The lowest BCUT2D eigenvalue weighted by Gasteiger charge is -2.50. The Balaban J connectivity index is 1.48. The Morgan fingerprint density at radius 1 is 1.19 bits per heavy atom. The van der Waals surface area contributed by atoms with Crippen LogP contribution in [0, 0.1) is 17.3 Å². The molecule has 1 saturated carbocycles. The molecule has 1 spiro atoms. The number of ether oxygens (including phenoxy) is 2. The summed E-state index contributed by atoms with van der Waals surface area (Å²) in [6.45, 7) is 3.82. The highest BCUT2D eigenvalue weighted by Crippen LogP contribution is 2.63. The summed E-state index contributed by atoms with van der Waals surface area (Å²) in [6, 6.07) is 0. The molecule has 26 heavy (non-hydrogen) atoms. The van der Waals surface area contributed by atoms with Gasteiger partial charge in [-0.05, 0) is 71.7 Å². The van der Waals surface area contributed by atoms with Crippen molar-refractivity contribution in [3.63, 3.8) is 0 Å². The van der Waals surface area contributed by atoms with Gasteiger partial charge in [-0.25, -0.2) is 0 Å². The second kappa shape index (κ2) is 6.16. The summed E-state index contributed by atoms with van der Waals surface area (Å²) >= 11 is 2.25. The molecule has 1 aliphatic heterocycles. The second-order valence-electron chi connectivity index (χ2n) is 9.15. The van der Waals surface area contributed by atoms with Crippen molar-refractivity contribution in [2.45, 2.75) is 69.7 Å². The number of allylic oxidation sites excluding steroid dienone is 3. The minimum Gasteiger partial charge on any atom is -0.385 e. The van der Waals surface area contributed by atoms with Gasteiger partial charge >= 0.3 is 0 Å². The number of hydrogen-bond donors (Lipinski definition) is 1. The highest BCUT2D eigenvalue weighted by molar-refractivity contribution is 14.1. The van der Waals surface area contributed by atoms with E-state index in [0.29, 0.717) is 11.8 Å². The van der Waals surface area contributed by atoms with Gasteiger partial charge in [-0.15, -0.1) is 0 Å². The van der Waals surface area contributed by atoms with Gasteiger partial charge in [-0.3, -0.25) is 0 Å². The second-order valence-corrected chi connectivity index (χ2v) is 9.87. The third-order valence-corrected chi connectivity index (χ3v) is 8.56. The monoisotopic (exact) mass is 468 g/mol. The van der Waals surface area contributed by atoms with Crippen LogP contribution in [0.1, 0.15) is 58.3 Å². The molecular weight excluding hydrogens is 439 g/mol. The first kappa shape index (κ1) is 17.9. The van der Waals surface area contributed by atoms with Gasteiger partial charge in [0.05, 0.1) is 18.8 Å². The lowest BCUT2D eigenvalue weighted by Crippen LogP contribution is -2.48. The summed E-state index contributed by atoms with van der Waals surface area (Å²) < 4.78 is 14.0. The molecule has 0 amide bonds. The molecule has 1 saturated heterocycles. The van der Waals surface area contributed by atoms with Gasteiger partial charge in [0.25, 0.3) is 0 Å². The van der Waals surface area contributed by atoms with E-state index in [2.05, 4.69) is 41.7 Å². The zero-order valence-electron chi connectivity index (χ0n) is 15.6. The predicted octanol–water partition coefficient (Wildman–Crippen LogP) is 5.05. The Bertz CT molecular complexity index is 702. The van der Waals surface area contributed by atoms with Gasteiger partial charge in [-0.1, -0.05) is 41.2 Å². The first-order valence-corrected chi connectivity index (χ1v) is 11.4. The minimum absolute atomic E-state index is 0.0194. The van der Waals surface area contributed by atoms with Gasteiger partial charge < -0.3 is 14.6 Å². The van der Waals surface area contributed by atoms with Gasteiger partial charge in [0.1, 0.15) is 0 Å². The van der Waals surface area contributed by atoms with Crippen LogP contribution in [0.5, 0.6) is 0 Å². The molecule has 3 nitrogen and oxygen atoms in total. The van der Waals surface area contributed by atoms with E-state index in [0.717, 1.165) is 51.7 Å². The van der Waals surface area contributed by atoms with Crippen LogP contribution in [-0.4, -0.2) is 29.7 Å². The Morgan fingerprint density at radius 2 is 2.00 bits per heavy atom. The maximum Gasteiger partial charge on any atom is 0.172 e. The molecule has 0 radical (unpaired) electrons.